The lowest BCUT2D eigenvalue weighted by atomic mass is 10.2. The zero-order chi connectivity index (χ0) is 12.7. The molecule has 0 unspecified atom stereocenters. The number of nitrogens with zero attached hydrogens (tertiary/aromatic N) is 1. The van der Waals surface area contributed by atoms with Gasteiger partial charge >= 0.3 is 12.0 Å². The molecular formula is C11H20N2O4. The van der Waals surface area contributed by atoms with Crippen molar-refractivity contribution in [3.05, 3.63) is 0 Å². The number of rotatable bonds is 6. The van der Waals surface area contributed by atoms with E-state index in [1.165, 1.54) is 4.90 Å². The maximum absolute atomic E-state index is 11.7. The van der Waals surface area contributed by atoms with Gasteiger partial charge in [-0.25, -0.2) is 9.59 Å². The summed E-state index contributed by atoms with van der Waals surface area (Å²) in [4.78, 5) is 24.0. The molecule has 1 aliphatic heterocycles. The fourth-order valence-electron chi connectivity index (χ4n) is 1.88. The lowest BCUT2D eigenvalue weighted by Gasteiger charge is -2.21. The van der Waals surface area contributed by atoms with E-state index in [0.717, 1.165) is 12.8 Å². The van der Waals surface area contributed by atoms with E-state index in [9.17, 15) is 9.59 Å². The van der Waals surface area contributed by atoms with Crippen LogP contribution in [0, 0.1) is 0 Å². The van der Waals surface area contributed by atoms with Crippen LogP contribution in [-0.4, -0.2) is 54.4 Å². The summed E-state index contributed by atoms with van der Waals surface area (Å²) < 4.78 is 5.14. The Morgan fingerprint density at radius 3 is 2.94 bits per heavy atom. The Hall–Kier alpha value is -1.30. The molecule has 0 saturated carbocycles. The van der Waals surface area contributed by atoms with Gasteiger partial charge in [0.25, 0.3) is 0 Å². The summed E-state index contributed by atoms with van der Waals surface area (Å²) in [6.45, 7) is 4.23. The molecule has 0 aromatic heterocycles. The average molecular weight is 244 g/mol. The Kier molecular flexibility index (Phi) is 5.76. The number of amides is 2. The number of urea groups is 1. The molecule has 1 fully saturated rings. The fourth-order valence-corrected chi connectivity index (χ4v) is 1.88. The van der Waals surface area contributed by atoms with Gasteiger partial charge in [0.05, 0.1) is 0 Å². The molecule has 6 nitrogen and oxygen atoms in total. The molecule has 6 heteroatoms. The number of hydrogen-bond acceptors (Lipinski definition) is 3. The number of likely N-dealkylation sites (tertiary alicyclic amines) is 1. The van der Waals surface area contributed by atoms with Crippen molar-refractivity contribution < 1.29 is 19.4 Å². The van der Waals surface area contributed by atoms with Crippen molar-refractivity contribution in [3.63, 3.8) is 0 Å². The van der Waals surface area contributed by atoms with Crippen molar-refractivity contribution in [1.29, 1.82) is 0 Å². The van der Waals surface area contributed by atoms with E-state index in [4.69, 9.17) is 9.84 Å². The molecule has 1 aliphatic rings. The standard InChI is InChI=1S/C11H20N2O4/c1-2-17-8-4-6-12-11(16)13-7-3-5-9(13)10(14)15/h9H,2-8H2,1H3,(H,12,16)(H,14,15)/t9-/m0/s1. The van der Waals surface area contributed by atoms with Gasteiger partial charge < -0.3 is 20.1 Å². The van der Waals surface area contributed by atoms with Crippen molar-refractivity contribution in [2.45, 2.75) is 32.2 Å². The third kappa shape index (κ3) is 4.22. The third-order valence-corrected chi connectivity index (χ3v) is 2.74. The third-order valence-electron chi connectivity index (χ3n) is 2.74. The van der Waals surface area contributed by atoms with Crippen LogP contribution in [-0.2, 0) is 9.53 Å². The predicted octanol–water partition coefficient (Wildman–Crippen LogP) is 0.672. The Morgan fingerprint density at radius 2 is 2.29 bits per heavy atom. The fraction of sp³-hybridized carbons (Fsp3) is 0.818. The van der Waals surface area contributed by atoms with E-state index in [-0.39, 0.29) is 6.03 Å². The van der Waals surface area contributed by atoms with Gasteiger partial charge in [0.15, 0.2) is 0 Å². The Bertz CT molecular complexity index is 270. The van der Waals surface area contributed by atoms with Gasteiger partial charge in [0, 0.05) is 26.3 Å². The summed E-state index contributed by atoms with van der Waals surface area (Å²) in [6.07, 6.45) is 2.04. The Balaban J connectivity index is 2.25. The first-order valence-corrected chi connectivity index (χ1v) is 6.01. The van der Waals surface area contributed by atoms with Gasteiger partial charge in [-0.3, -0.25) is 0 Å². The second kappa shape index (κ2) is 7.11. The molecule has 0 aromatic carbocycles. The highest BCUT2D eigenvalue weighted by Crippen LogP contribution is 2.17. The molecule has 17 heavy (non-hydrogen) atoms. The topological polar surface area (TPSA) is 78.9 Å². The van der Waals surface area contributed by atoms with E-state index in [0.29, 0.717) is 32.7 Å². The van der Waals surface area contributed by atoms with Crippen LogP contribution in [0.4, 0.5) is 4.79 Å². The normalized spacial score (nSPS) is 19.4. The van der Waals surface area contributed by atoms with E-state index >= 15 is 0 Å². The second-order valence-electron chi connectivity index (χ2n) is 3.97. The zero-order valence-electron chi connectivity index (χ0n) is 10.1. The van der Waals surface area contributed by atoms with Gasteiger partial charge in [-0.2, -0.15) is 0 Å². The van der Waals surface area contributed by atoms with E-state index in [1.54, 1.807) is 0 Å². The maximum atomic E-state index is 11.7. The maximum Gasteiger partial charge on any atom is 0.326 e. The molecule has 1 rings (SSSR count). The van der Waals surface area contributed by atoms with Gasteiger partial charge in [0.2, 0.25) is 0 Å². The van der Waals surface area contributed by atoms with Gasteiger partial charge in [0.1, 0.15) is 6.04 Å². The number of hydrogen-bond donors (Lipinski definition) is 2. The SMILES string of the molecule is CCOCCCNC(=O)N1CCC[C@H]1C(=O)O. The van der Waals surface area contributed by atoms with Gasteiger partial charge in [-0.1, -0.05) is 0 Å². The van der Waals surface area contributed by atoms with Crippen LogP contribution >= 0.6 is 0 Å². The number of ether oxygens (including phenoxy) is 1. The molecule has 0 radical (unpaired) electrons. The van der Waals surface area contributed by atoms with Gasteiger partial charge in [-0.05, 0) is 26.2 Å². The summed E-state index contributed by atoms with van der Waals surface area (Å²) >= 11 is 0. The highest BCUT2D eigenvalue weighted by atomic mass is 16.5. The summed E-state index contributed by atoms with van der Waals surface area (Å²) in [7, 11) is 0. The highest BCUT2D eigenvalue weighted by molar-refractivity contribution is 5.83. The molecule has 0 bridgehead atoms. The van der Waals surface area contributed by atoms with Crippen LogP contribution in [0.2, 0.25) is 0 Å². The van der Waals surface area contributed by atoms with Crippen molar-refractivity contribution in [2.24, 2.45) is 0 Å². The largest absolute Gasteiger partial charge is 0.480 e. The zero-order valence-corrected chi connectivity index (χ0v) is 10.1. The molecule has 1 saturated heterocycles. The first kappa shape index (κ1) is 13.8. The smallest absolute Gasteiger partial charge is 0.326 e. The number of carboxylic acid groups (broad SMARTS) is 1. The van der Waals surface area contributed by atoms with Crippen LogP contribution < -0.4 is 5.32 Å². The molecule has 0 spiro atoms. The van der Waals surface area contributed by atoms with Crippen molar-refractivity contribution >= 4 is 12.0 Å². The highest BCUT2D eigenvalue weighted by Gasteiger charge is 2.33. The summed E-state index contributed by atoms with van der Waals surface area (Å²) in [6, 6.07) is -0.951. The minimum Gasteiger partial charge on any atom is -0.480 e. The summed E-state index contributed by atoms with van der Waals surface area (Å²) in [5.74, 6) is -0.924. The van der Waals surface area contributed by atoms with Crippen LogP contribution in [0.3, 0.4) is 0 Å². The number of carbonyl (C=O) groups excluding carboxylic acids is 1. The van der Waals surface area contributed by atoms with Crippen molar-refractivity contribution in [2.75, 3.05) is 26.3 Å². The molecule has 2 N–H and O–H groups in total. The van der Waals surface area contributed by atoms with Crippen LogP contribution in [0.25, 0.3) is 0 Å². The number of nitrogens with one attached hydrogen (secondary N) is 1. The quantitative estimate of drug-likeness (QED) is 0.673. The van der Waals surface area contributed by atoms with E-state index in [2.05, 4.69) is 5.32 Å². The number of carbonyl (C=O) groups is 2. The minimum atomic E-state index is -0.924. The van der Waals surface area contributed by atoms with E-state index < -0.39 is 12.0 Å². The molecule has 2 amide bonds. The van der Waals surface area contributed by atoms with Gasteiger partial charge in [-0.15, -0.1) is 0 Å². The van der Waals surface area contributed by atoms with Crippen molar-refractivity contribution in [1.82, 2.24) is 10.2 Å². The Labute approximate surface area is 101 Å². The van der Waals surface area contributed by atoms with E-state index in [1.807, 2.05) is 6.92 Å². The molecule has 0 aromatic rings. The van der Waals surface area contributed by atoms with Crippen molar-refractivity contribution in [3.8, 4) is 0 Å². The number of aliphatic carboxylic acids is 1. The number of carboxylic acids is 1. The molecule has 0 aliphatic carbocycles. The molecule has 1 atom stereocenters. The Morgan fingerprint density at radius 1 is 1.53 bits per heavy atom. The molecule has 1 heterocycles. The first-order chi connectivity index (χ1) is 8.16. The lowest BCUT2D eigenvalue weighted by Crippen LogP contribution is -2.46. The van der Waals surface area contributed by atoms with Crippen LogP contribution in [0.1, 0.15) is 26.2 Å². The predicted molar refractivity (Wildman–Crippen MR) is 61.9 cm³/mol. The lowest BCUT2D eigenvalue weighted by molar-refractivity contribution is -0.141. The summed E-state index contributed by atoms with van der Waals surface area (Å²) in [5.41, 5.74) is 0. The average Bonchev–Trinajstić information content (AvgIpc) is 2.77. The van der Waals surface area contributed by atoms with Crippen LogP contribution in [0.15, 0.2) is 0 Å². The molecular weight excluding hydrogens is 224 g/mol. The monoisotopic (exact) mass is 244 g/mol. The minimum absolute atomic E-state index is 0.286. The second-order valence-corrected chi connectivity index (χ2v) is 3.97. The summed E-state index contributed by atoms with van der Waals surface area (Å²) in [5, 5.41) is 11.6. The first-order valence-electron chi connectivity index (χ1n) is 6.01. The van der Waals surface area contributed by atoms with Crippen LogP contribution in [0.5, 0.6) is 0 Å². The molecule has 98 valence electrons.